The van der Waals surface area contributed by atoms with Crippen molar-refractivity contribution in [1.82, 2.24) is 0 Å². The maximum absolute atomic E-state index is 10.8. The third kappa shape index (κ3) is 3.21. The number of carboxylic acids is 1. The van der Waals surface area contributed by atoms with Gasteiger partial charge in [0.05, 0.1) is 17.1 Å². The second-order valence-electron chi connectivity index (χ2n) is 2.70. The lowest BCUT2D eigenvalue weighted by Crippen LogP contribution is -2.12. The van der Waals surface area contributed by atoms with Crippen molar-refractivity contribution in [2.45, 2.75) is 0 Å². The number of hydrogen-bond donors (Lipinski definition) is 2. The summed E-state index contributed by atoms with van der Waals surface area (Å²) in [6, 6.07) is 4.65. The molecule has 1 aromatic carbocycles. The van der Waals surface area contributed by atoms with Gasteiger partial charge in [0.15, 0.2) is 0 Å². The van der Waals surface area contributed by atoms with E-state index in [1.54, 1.807) is 12.1 Å². The van der Waals surface area contributed by atoms with Gasteiger partial charge in [-0.25, -0.2) is 9.79 Å². The van der Waals surface area contributed by atoms with Gasteiger partial charge in [-0.3, -0.25) is 0 Å². The average Bonchev–Trinajstić information content (AvgIpc) is 2.17. The zero-order chi connectivity index (χ0) is 11.4. The van der Waals surface area contributed by atoms with E-state index < -0.39 is 5.97 Å². The fraction of sp³-hybridized carbons (Fsp3) is 0.111. The van der Waals surface area contributed by atoms with Crippen LogP contribution in [0.3, 0.4) is 0 Å². The second kappa shape index (κ2) is 5.14. The van der Waals surface area contributed by atoms with E-state index in [-0.39, 0.29) is 23.0 Å². The average molecular weight is 292 g/mol. The highest BCUT2D eigenvalue weighted by molar-refractivity contribution is 9.10. The van der Waals surface area contributed by atoms with Crippen LogP contribution in [-0.4, -0.2) is 22.8 Å². The van der Waals surface area contributed by atoms with Crippen LogP contribution < -0.4 is 5.73 Å². The molecule has 15 heavy (non-hydrogen) atoms. The SMILES string of the molecule is NC(CCl)=Nc1cc(Br)ccc1C(=O)O. The van der Waals surface area contributed by atoms with Crippen molar-refractivity contribution in [1.29, 1.82) is 0 Å². The maximum atomic E-state index is 10.8. The molecule has 0 fully saturated rings. The molecular formula is C9H8BrClN2O2. The minimum Gasteiger partial charge on any atom is -0.478 e. The summed E-state index contributed by atoms with van der Waals surface area (Å²) in [6.07, 6.45) is 0. The maximum Gasteiger partial charge on any atom is 0.337 e. The summed E-state index contributed by atoms with van der Waals surface area (Å²) < 4.78 is 0.730. The molecule has 1 rings (SSSR count). The number of amidine groups is 1. The summed E-state index contributed by atoms with van der Waals surface area (Å²) in [5.74, 6) is -0.813. The first-order valence-corrected chi connectivity index (χ1v) is 5.29. The van der Waals surface area contributed by atoms with Crippen LogP contribution in [0.25, 0.3) is 0 Å². The number of carboxylic acid groups (broad SMARTS) is 1. The minimum absolute atomic E-state index is 0.0611. The highest BCUT2D eigenvalue weighted by atomic mass is 79.9. The first-order chi connectivity index (χ1) is 7.04. The molecule has 80 valence electrons. The Hall–Kier alpha value is -1.07. The topological polar surface area (TPSA) is 75.7 Å². The Balaban J connectivity index is 3.25. The zero-order valence-electron chi connectivity index (χ0n) is 7.58. The Labute approximate surface area is 99.9 Å². The molecule has 0 aromatic heterocycles. The van der Waals surface area contributed by atoms with Crippen molar-refractivity contribution in [2.24, 2.45) is 10.7 Å². The van der Waals surface area contributed by atoms with Gasteiger partial charge < -0.3 is 10.8 Å². The molecule has 0 radical (unpaired) electrons. The Morgan fingerprint density at radius 3 is 2.80 bits per heavy atom. The van der Waals surface area contributed by atoms with Gasteiger partial charge in [-0.05, 0) is 18.2 Å². The second-order valence-corrected chi connectivity index (χ2v) is 3.89. The lowest BCUT2D eigenvalue weighted by Gasteiger charge is -2.02. The zero-order valence-corrected chi connectivity index (χ0v) is 9.92. The molecule has 1 aromatic rings. The number of nitrogens with two attached hydrogens (primary N) is 1. The van der Waals surface area contributed by atoms with Crippen LogP contribution in [-0.2, 0) is 0 Å². The van der Waals surface area contributed by atoms with Crippen LogP contribution in [0.2, 0.25) is 0 Å². The van der Waals surface area contributed by atoms with Crippen LogP contribution in [0.5, 0.6) is 0 Å². The largest absolute Gasteiger partial charge is 0.478 e. The van der Waals surface area contributed by atoms with E-state index in [0.29, 0.717) is 0 Å². The number of aromatic carboxylic acids is 1. The van der Waals surface area contributed by atoms with Crippen LogP contribution in [0, 0.1) is 0 Å². The monoisotopic (exact) mass is 290 g/mol. The fourth-order valence-electron chi connectivity index (χ4n) is 0.963. The van der Waals surface area contributed by atoms with E-state index >= 15 is 0 Å². The first kappa shape index (κ1) is 12.0. The van der Waals surface area contributed by atoms with Gasteiger partial charge in [0.25, 0.3) is 0 Å². The third-order valence-corrected chi connectivity index (χ3v) is 2.36. The molecule has 6 heteroatoms. The number of hydrogen-bond acceptors (Lipinski definition) is 2. The van der Waals surface area contributed by atoms with E-state index in [2.05, 4.69) is 20.9 Å². The molecule has 0 aliphatic carbocycles. The van der Waals surface area contributed by atoms with Crippen molar-refractivity contribution < 1.29 is 9.90 Å². The van der Waals surface area contributed by atoms with Crippen LogP contribution in [0.4, 0.5) is 5.69 Å². The normalized spacial score (nSPS) is 11.5. The fourth-order valence-corrected chi connectivity index (χ4v) is 1.37. The Morgan fingerprint density at radius 2 is 2.27 bits per heavy atom. The molecule has 0 amide bonds. The smallest absolute Gasteiger partial charge is 0.337 e. The predicted molar refractivity (Wildman–Crippen MR) is 63.1 cm³/mol. The van der Waals surface area contributed by atoms with E-state index in [9.17, 15) is 4.79 Å². The molecule has 0 saturated heterocycles. The van der Waals surface area contributed by atoms with Crippen molar-refractivity contribution in [3.63, 3.8) is 0 Å². The van der Waals surface area contributed by atoms with E-state index in [1.165, 1.54) is 6.07 Å². The molecule has 0 atom stereocenters. The molecule has 3 N–H and O–H groups in total. The number of alkyl halides is 1. The van der Waals surface area contributed by atoms with Gasteiger partial charge in [0.2, 0.25) is 0 Å². The summed E-state index contributed by atoms with van der Waals surface area (Å²) in [7, 11) is 0. The number of aliphatic imine (C=N–C) groups is 1. The van der Waals surface area contributed by atoms with E-state index in [0.717, 1.165) is 4.47 Å². The summed E-state index contributed by atoms with van der Waals surface area (Å²) in [6.45, 7) is 0. The molecule has 4 nitrogen and oxygen atoms in total. The van der Waals surface area contributed by atoms with Crippen molar-refractivity contribution >= 4 is 45.0 Å². The van der Waals surface area contributed by atoms with Crippen LogP contribution in [0.15, 0.2) is 27.7 Å². The summed E-state index contributed by atoms with van der Waals surface area (Å²) in [5, 5.41) is 8.88. The Bertz CT molecular complexity index is 421. The molecule has 0 unspecified atom stereocenters. The molecule has 0 aliphatic rings. The summed E-state index contributed by atoms with van der Waals surface area (Å²) >= 11 is 8.68. The molecule has 0 spiro atoms. The standard InChI is InChI=1S/C9H8BrClN2O2/c10-5-1-2-6(9(14)15)7(3-5)13-8(12)4-11/h1-3H,4H2,(H2,12,13)(H,14,15). The quantitative estimate of drug-likeness (QED) is 0.510. The molecule has 0 aliphatic heterocycles. The number of nitrogens with zero attached hydrogens (tertiary/aromatic N) is 1. The van der Waals surface area contributed by atoms with Crippen molar-refractivity contribution in [3.8, 4) is 0 Å². The number of rotatable bonds is 3. The van der Waals surface area contributed by atoms with Crippen LogP contribution >= 0.6 is 27.5 Å². The van der Waals surface area contributed by atoms with E-state index in [1.807, 2.05) is 0 Å². The lowest BCUT2D eigenvalue weighted by molar-refractivity contribution is 0.0698. The highest BCUT2D eigenvalue weighted by Gasteiger charge is 2.09. The van der Waals surface area contributed by atoms with Gasteiger partial charge >= 0.3 is 5.97 Å². The molecular weight excluding hydrogens is 283 g/mol. The van der Waals surface area contributed by atoms with Crippen molar-refractivity contribution in [3.05, 3.63) is 28.2 Å². The first-order valence-electron chi connectivity index (χ1n) is 3.96. The van der Waals surface area contributed by atoms with Gasteiger partial charge in [-0.1, -0.05) is 15.9 Å². The minimum atomic E-state index is -1.05. The molecule has 0 heterocycles. The number of carbonyl (C=O) groups is 1. The highest BCUT2D eigenvalue weighted by Crippen LogP contribution is 2.24. The summed E-state index contributed by atoms with van der Waals surface area (Å²) in [5.41, 5.74) is 5.81. The van der Waals surface area contributed by atoms with Gasteiger partial charge in [0.1, 0.15) is 5.84 Å². The number of benzene rings is 1. The lowest BCUT2D eigenvalue weighted by atomic mass is 10.2. The van der Waals surface area contributed by atoms with E-state index in [4.69, 9.17) is 22.4 Å². The predicted octanol–water partition coefficient (Wildman–Crippen LogP) is 2.37. The third-order valence-electron chi connectivity index (χ3n) is 1.59. The van der Waals surface area contributed by atoms with Gasteiger partial charge in [-0.2, -0.15) is 0 Å². The van der Waals surface area contributed by atoms with Crippen LogP contribution in [0.1, 0.15) is 10.4 Å². The molecule has 0 saturated carbocycles. The Morgan fingerprint density at radius 1 is 1.60 bits per heavy atom. The van der Waals surface area contributed by atoms with Crippen molar-refractivity contribution in [2.75, 3.05) is 5.88 Å². The molecule has 0 bridgehead atoms. The Kier molecular flexibility index (Phi) is 4.11. The number of halogens is 2. The summed E-state index contributed by atoms with van der Waals surface area (Å²) in [4.78, 5) is 14.8. The van der Waals surface area contributed by atoms with Gasteiger partial charge in [0, 0.05) is 4.47 Å². The van der Waals surface area contributed by atoms with Gasteiger partial charge in [-0.15, -0.1) is 11.6 Å².